The number of sulfonamides is 1. The summed E-state index contributed by atoms with van der Waals surface area (Å²) in [7, 11) is -3.55. The van der Waals surface area contributed by atoms with E-state index in [0.717, 1.165) is 4.88 Å². The fourth-order valence-electron chi connectivity index (χ4n) is 1.66. The Labute approximate surface area is 122 Å². The van der Waals surface area contributed by atoms with Gasteiger partial charge in [0.15, 0.2) is 0 Å². The number of thiophene rings is 1. The molecule has 0 amide bonds. The van der Waals surface area contributed by atoms with Crippen LogP contribution in [0.25, 0.3) is 0 Å². The van der Waals surface area contributed by atoms with Crippen LogP contribution >= 0.6 is 11.3 Å². The second-order valence-electron chi connectivity index (χ2n) is 4.67. The van der Waals surface area contributed by atoms with Gasteiger partial charge in [-0.25, -0.2) is 8.42 Å². The third-order valence-corrected chi connectivity index (χ3v) is 5.69. The Bertz CT molecular complexity index is 673. The van der Waals surface area contributed by atoms with Crippen LogP contribution in [0.3, 0.4) is 0 Å². The van der Waals surface area contributed by atoms with Crippen molar-refractivity contribution in [2.45, 2.75) is 30.5 Å². The number of anilines is 1. The summed E-state index contributed by atoms with van der Waals surface area (Å²) in [5.74, 6) is 0. The van der Waals surface area contributed by atoms with E-state index >= 15 is 0 Å². The highest BCUT2D eigenvalue weighted by Gasteiger charge is 2.17. The number of aromatic nitrogens is 2. The predicted octanol–water partition coefficient (Wildman–Crippen LogP) is 1.83. The second-order valence-corrected chi connectivity index (χ2v) is 7.75. The molecular formula is C12H18N4O2S2. The number of rotatable bonds is 6. The minimum Gasteiger partial charge on any atom is -0.330 e. The Morgan fingerprint density at radius 2 is 2.20 bits per heavy atom. The SMILES string of the molecule is CC(C)n1cc(NS(=O)(=O)c2ccc(CCN)s2)cn1. The van der Waals surface area contributed by atoms with E-state index in [1.54, 1.807) is 23.0 Å². The maximum Gasteiger partial charge on any atom is 0.271 e. The Morgan fingerprint density at radius 1 is 1.45 bits per heavy atom. The number of nitrogens with two attached hydrogens (primary N) is 1. The number of nitrogens with one attached hydrogen (secondary N) is 1. The summed E-state index contributed by atoms with van der Waals surface area (Å²) < 4.78 is 29.0. The van der Waals surface area contributed by atoms with Crippen molar-refractivity contribution in [1.29, 1.82) is 0 Å². The molecule has 0 aliphatic rings. The number of hydrogen-bond acceptors (Lipinski definition) is 5. The Hall–Kier alpha value is -1.38. The molecule has 0 aliphatic carbocycles. The maximum atomic E-state index is 12.2. The minimum atomic E-state index is -3.55. The van der Waals surface area contributed by atoms with Gasteiger partial charge in [-0.1, -0.05) is 0 Å². The Balaban J connectivity index is 2.16. The lowest BCUT2D eigenvalue weighted by atomic mass is 10.3. The summed E-state index contributed by atoms with van der Waals surface area (Å²) in [6.07, 6.45) is 3.87. The van der Waals surface area contributed by atoms with Crippen LogP contribution in [-0.4, -0.2) is 24.7 Å². The maximum absolute atomic E-state index is 12.2. The molecule has 2 aromatic heterocycles. The molecule has 110 valence electrons. The van der Waals surface area contributed by atoms with Crippen LogP contribution in [0.5, 0.6) is 0 Å². The summed E-state index contributed by atoms with van der Waals surface area (Å²) in [5.41, 5.74) is 5.93. The van der Waals surface area contributed by atoms with Gasteiger partial charge in [-0.15, -0.1) is 11.3 Å². The molecule has 2 rings (SSSR count). The molecular weight excluding hydrogens is 296 g/mol. The fourth-order valence-corrected chi connectivity index (χ4v) is 4.06. The molecule has 0 unspecified atom stereocenters. The van der Waals surface area contributed by atoms with Crippen LogP contribution in [0, 0.1) is 0 Å². The third-order valence-electron chi connectivity index (χ3n) is 2.68. The van der Waals surface area contributed by atoms with Crippen LogP contribution in [-0.2, 0) is 16.4 Å². The van der Waals surface area contributed by atoms with Crippen LogP contribution in [0.15, 0.2) is 28.7 Å². The number of hydrogen-bond donors (Lipinski definition) is 2. The Kier molecular flexibility index (Phi) is 4.46. The van der Waals surface area contributed by atoms with Crippen molar-refractivity contribution in [3.63, 3.8) is 0 Å². The first-order valence-corrected chi connectivity index (χ1v) is 8.58. The van der Waals surface area contributed by atoms with Gasteiger partial charge in [-0.05, 0) is 38.9 Å². The van der Waals surface area contributed by atoms with E-state index in [9.17, 15) is 8.42 Å². The van der Waals surface area contributed by atoms with Crippen LogP contribution < -0.4 is 10.5 Å². The molecule has 0 saturated carbocycles. The highest BCUT2D eigenvalue weighted by atomic mass is 32.2. The van der Waals surface area contributed by atoms with E-state index in [0.29, 0.717) is 22.9 Å². The molecule has 0 fully saturated rings. The summed E-state index contributed by atoms with van der Waals surface area (Å²) in [4.78, 5) is 0.964. The zero-order valence-corrected chi connectivity index (χ0v) is 13.0. The van der Waals surface area contributed by atoms with E-state index in [-0.39, 0.29) is 6.04 Å². The van der Waals surface area contributed by atoms with Gasteiger partial charge in [0.25, 0.3) is 10.0 Å². The molecule has 6 nitrogen and oxygen atoms in total. The zero-order valence-electron chi connectivity index (χ0n) is 11.4. The lowest BCUT2D eigenvalue weighted by Gasteiger charge is -2.04. The first-order chi connectivity index (χ1) is 9.42. The van der Waals surface area contributed by atoms with E-state index < -0.39 is 10.0 Å². The second kappa shape index (κ2) is 5.94. The molecule has 2 heterocycles. The standard InChI is InChI=1S/C12H18N4O2S2/c1-9(2)16-8-10(7-14-16)15-20(17,18)12-4-3-11(19-12)5-6-13/h3-4,7-9,15H,5-6,13H2,1-2H3. The van der Waals surface area contributed by atoms with Crippen molar-refractivity contribution in [1.82, 2.24) is 9.78 Å². The molecule has 3 N–H and O–H groups in total. The summed E-state index contributed by atoms with van der Waals surface area (Å²) in [6.45, 7) is 4.46. The first kappa shape index (κ1) is 15.0. The molecule has 8 heteroatoms. The zero-order chi connectivity index (χ0) is 14.8. The summed E-state index contributed by atoms with van der Waals surface area (Å²) in [5, 5.41) is 4.10. The third kappa shape index (κ3) is 3.38. The van der Waals surface area contributed by atoms with Gasteiger partial charge >= 0.3 is 0 Å². The minimum absolute atomic E-state index is 0.186. The van der Waals surface area contributed by atoms with Crippen molar-refractivity contribution < 1.29 is 8.42 Å². The molecule has 0 atom stereocenters. The monoisotopic (exact) mass is 314 g/mol. The first-order valence-electron chi connectivity index (χ1n) is 6.28. The summed E-state index contributed by atoms with van der Waals surface area (Å²) >= 11 is 1.24. The topological polar surface area (TPSA) is 90.0 Å². The largest absolute Gasteiger partial charge is 0.330 e. The summed E-state index contributed by atoms with van der Waals surface area (Å²) in [6, 6.07) is 3.58. The fraction of sp³-hybridized carbons (Fsp3) is 0.417. The molecule has 0 radical (unpaired) electrons. The van der Waals surface area contributed by atoms with Gasteiger partial charge in [0, 0.05) is 17.1 Å². The number of nitrogens with zero attached hydrogens (tertiary/aromatic N) is 2. The lowest BCUT2D eigenvalue weighted by molar-refractivity contribution is 0.532. The lowest BCUT2D eigenvalue weighted by Crippen LogP contribution is -2.11. The van der Waals surface area contributed by atoms with Crippen molar-refractivity contribution in [2.24, 2.45) is 5.73 Å². The van der Waals surface area contributed by atoms with Crippen molar-refractivity contribution >= 4 is 27.0 Å². The molecule has 0 aliphatic heterocycles. The highest BCUT2D eigenvalue weighted by Crippen LogP contribution is 2.24. The van der Waals surface area contributed by atoms with Gasteiger partial charge in [-0.2, -0.15) is 5.10 Å². The average molecular weight is 314 g/mol. The van der Waals surface area contributed by atoms with Crippen molar-refractivity contribution in [2.75, 3.05) is 11.3 Å². The van der Waals surface area contributed by atoms with Crippen LogP contribution in [0.4, 0.5) is 5.69 Å². The van der Waals surface area contributed by atoms with Crippen LogP contribution in [0.1, 0.15) is 24.8 Å². The van der Waals surface area contributed by atoms with Gasteiger partial charge in [0.2, 0.25) is 0 Å². The molecule has 0 spiro atoms. The predicted molar refractivity (Wildman–Crippen MR) is 80.5 cm³/mol. The van der Waals surface area contributed by atoms with Gasteiger partial charge < -0.3 is 5.73 Å². The van der Waals surface area contributed by atoms with Gasteiger partial charge in [0.1, 0.15) is 4.21 Å². The van der Waals surface area contributed by atoms with Crippen molar-refractivity contribution in [3.05, 3.63) is 29.4 Å². The highest BCUT2D eigenvalue weighted by molar-refractivity contribution is 7.94. The Morgan fingerprint density at radius 3 is 2.80 bits per heavy atom. The normalized spacial score (nSPS) is 12.0. The molecule has 20 heavy (non-hydrogen) atoms. The smallest absolute Gasteiger partial charge is 0.271 e. The van der Waals surface area contributed by atoms with Gasteiger partial charge in [-0.3, -0.25) is 9.40 Å². The average Bonchev–Trinajstić information content (AvgIpc) is 2.98. The van der Waals surface area contributed by atoms with E-state index in [1.165, 1.54) is 17.5 Å². The van der Waals surface area contributed by atoms with E-state index in [1.807, 2.05) is 13.8 Å². The van der Waals surface area contributed by atoms with Gasteiger partial charge in [0.05, 0.1) is 11.9 Å². The van der Waals surface area contributed by atoms with E-state index in [4.69, 9.17) is 5.73 Å². The van der Waals surface area contributed by atoms with E-state index in [2.05, 4.69) is 9.82 Å². The van der Waals surface area contributed by atoms with Crippen molar-refractivity contribution in [3.8, 4) is 0 Å². The molecule has 0 aromatic carbocycles. The molecule has 2 aromatic rings. The molecule has 0 saturated heterocycles. The quantitative estimate of drug-likeness (QED) is 0.851. The molecule has 0 bridgehead atoms. The van der Waals surface area contributed by atoms with Crippen LogP contribution in [0.2, 0.25) is 0 Å².